The van der Waals surface area contributed by atoms with Gasteiger partial charge in [-0.05, 0) is 57.9 Å². The number of benzene rings is 1. The number of morpholine rings is 1. The normalized spacial score (nSPS) is 21.1. The van der Waals surface area contributed by atoms with Crippen LogP contribution in [0.2, 0.25) is 0 Å². The van der Waals surface area contributed by atoms with Gasteiger partial charge in [-0.1, -0.05) is 6.92 Å². The summed E-state index contributed by atoms with van der Waals surface area (Å²) in [5, 5.41) is 5.10. The molecule has 9 heteroatoms. The first-order valence-electron chi connectivity index (χ1n) is 10.1. The fraction of sp³-hybridized carbons (Fsp3) is 0.650. The monoisotopic (exact) mass is 426 g/mol. The molecule has 0 bridgehead atoms. The van der Waals surface area contributed by atoms with Crippen LogP contribution < -0.4 is 20.3 Å². The minimum atomic E-state index is -3.29. The summed E-state index contributed by atoms with van der Waals surface area (Å²) in [6, 6.07) is 7.41. The Hall–Kier alpha value is -1.84. The van der Waals surface area contributed by atoms with E-state index in [1.54, 1.807) is 13.8 Å². The van der Waals surface area contributed by atoms with Gasteiger partial charge >= 0.3 is 6.03 Å². The Labute approximate surface area is 174 Å². The lowest BCUT2D eigenvalue weighted by atomic mass is 10.2. The predicted octanol–water partition coefficient (Wildman–Crippen LogP) is 2.39. The number of amides is 2. The lowest BCUT2D eigenvalue weighted by Crippen LogP contribution is -2.45. The second-order valence-corrected chi connectivity index (χ2v) is 10.4. The third kappa shape index (κ3) is 7.49. The standard InChI is InChI=1S/C20H34N4O4S/c1-14(2)29(26,27)22-11-15(3)10-21-20(25)23-18-6-8-19(9-7-18)24-12-16(4)28-17(5)13-24/h6-9,14-17,22H,10-13H2,1-5H3,(H2,21,23,25)/t15?,16-,17+. The van der Waals surface area contributed by atoms with Crippen LogP contribution in [0.1, 0.15) is 34.6 Å². The maximum absolute atomic E-state index is 12.1. The van der Waals surface area contributed by atoms with Crippen molar-refractivity contribution in [1.29, 1.82) is 0 Å². The molecule has 2 amide bonds. The molecule has 0 radical (unpaired) electrons. The molecule has 2 rings (SSSR count). The number of rotatable bonds is 8. The number of anilines is 2. The van der Waals surface area contributed by atoms with Crippen LogP contribution in [0.3, 0.4) is 0 Å². The summed E-state index contributed by atoms with van der Waals surface area (Å²) >= 11 is 0. The zero-order valence-electron chi connectivity index (χ0n) is 17.9. The molecule has 164 valence electrons. The minimum absolute atomic E-state index is 0.0260. The SMILES string of the molecule is CC(CNC(=O)Nc1ccc(N2C[C@@H](C)O[C@@H](C)C2)cc1)CNS(=O)(=O)C(C)C. The Morgan fingerprint density at radius 3 is 2.24 bits per heavy atom. The first-order valence-corrected chi connectivity index (χ1v) is 11.6. The number of ether oxygens (including phenoxy) is 1. The third-order valence-corrected chi connectivity index (χ3v) is 6.58. The molecular weight excluding hydrogens is 392 g/mol. The molecule has 0 aliphatic carbocycles. The van der Waals surface area contributed by atoms with Crippen molar-refractivity contribution < 1.29 is 17.9 Å². The van der Waals surface area contributed by atoms with Gasteiger partial charge in [-0.25, -0.2) is 17.9 Å². The number of nitrogens with zero attached hydrogens (tertiary/aromatic N) is 1. The molecule has 1 saturated heterocycles. The van der Waals surface area contributed by atoms with Gasteiger partial charge in [0.1, 0.15) is 0 Å². The van der Waals surface area contributed by atoms with Crippen molar-refractivity contribution in [2.45, 2.75) is 52.1 Å². The summed E-state index contributed by atoms with van der Waals surface area (Å²) < 4.78 is 31.9. The second-order valence-electron chi connectivity index (χ2n) is 8.09. The van der Waals surface area contributed by atoms with E-state index >= 15 is 0 Å². The highest BCUT2D eigenvalue weighted by Gasteiger charge is 2.22. The van der Waals surface area contributed by atoms with Crippen LogP contribution >= 0.6 is 0 Å². The fourth-order valence-electron chi connectivity index (χ4n) is 3.08. The summed E-state index contributed by atoms with van der Waals surface area (Å²) in [4.78, 5) is 14.4. The smallest absolute Gasteiger partial charge is 0.319 e. The summed E-state index contributed by atoms with van der Waals surface area (Å²) in [6.45, 7) is 11.6. The van der Waals surface area contributed by atoms with Gasteiger partial charge in [-0.3, -0.25) is 0 Å². The lowest BCUT2D eigenvalue weighted by molar-refractivity contribution is -0.00521. The first kappa shape index (κ1) is 23.4. The van der Waals surface area contributed by atoms with Crippen molar-refractivity contribution in [3.05, 3.63) is 24.3 Å². The molecule has 3 atom stereocenters. The van der Waals surface area contributed by atoms with E-state index in [1.165, 1.54) is 0 Å². The molecule has 29 heavy (non-hydrogen) atoms. The van der Waals surface area contributed by atoms with Gasteiger partial charge in [0.25, 0.3) is 0 Å². The summed E-state index contributed by atoms with van der Waals surface area (Å²) in [7, 11) is -3.29. The highest BCUT2D eigenvalue weighted by molar-refractivity contribution is 7.90. The van der Waals surface area contributed by atoms with E-state index in [-0.39, 0.29) is 30.7 Å². The number of sulfonamides is 1. The van der Waals surface area contributed by atoms with Gasteiger partial charge < -0.3 is 20.3 Å². The first-order chi connectivity index (χ1) is 13.6. The van der Waals surface area contributed by atoms with Gasteiger partial charge in [0, 0.05) is 37.6 Å². The van der Waals surface area contributed by atoms with Crippen molar-refractivity contribution in [1.82, 2.24) is 10.0 Å². The average Bonchev–Trinajstić information content (AvgIpc) is 2.64. The molecule has 8 nitrogen and oxygen atoms in total. The number of carbonyl (C=O) groups is 1. The molecular formula is C20H34N4O4S. The highest BCUT2D eigenvalue weighted by atomic mass is 32.2. The van der Waals surface area contributed by atoms with Crippen molar-refractivity contribution in [2.24, 2.45) is 5.92 Å². The van der Waals surface area contributed by atoms with E-state index in [0.29, 0.717) is 12.2 Å². The maximum atomic E-state index is 12.1. The van der Waals surface area contributed by atoms with Crippen LogP contribution in [-0.4, -0.2) is 58.1 Å². The number of hydrogen-bond donors (Lipinski definition) is 3. The largest absolute Gasteiger partial charge is 0.372 e. The quantitative estimate of drug-likeness (QED) is 0.593. The van der Waals surface area contributed by atoms with E-state index in [0.717, 1.165) is 18.8 Å². The highest BCUT2D eigenvalue weighted by Crippen LogP contribution is 2.22. The van der Waals surface area contributed by atoms with Crippen molar-refractivity contribution in [3.63, 3.8) is 0 Å². The number of carbonyl (C=O) groups excluding carboxylic acids is 1. The zero-order valence-corrected chi connectivity index (χ0v) is 18.8. The van der Waals surface area contributed by atoms with Crippen LogP contribution in [-0.2, 0) is 14.8 Å². The summed E-state index contributed by atoms with van der Waals surface area (Å²) in [6.07, 6.45) is 0.378. The zero-order chi connectivity index (χ0) is 21.6. The van der Waals surface area contributed by atoms with Gasteiger partial charge in [-0.15, -0.1) is 0 Å². The Bertz CT molecular complexity index is 757. The van der Waals surface area contributed by atoms with E-state index in [9.17, 15) is 13.2 Å². The minimum Gasteiger partial charge on any atom is -0.372 e. The van der Waals surface area contributed by atoms with Gasteiger partial charge in [0.2, 0.25) is 10.0 Å². The second kappa shape index (κ2) is 10.3. The molecule has 1 heterocycles. The average molecular weight is 427 g/mol. The molecule has 1 aromatic carbocycles. The Kier molecular flexibility index (Phi) is 8.30. The van der Waals surface area contributed by atoms with Crippen LogP contribution in [0.15, 0.2) is 24.3 Å². The Balaban J connectivity index is 1.77. The molecule has 0 spiro atoms. The van der Waals surface area contributed by atoms with E-state index < -0.39 is 15.3 Å². The topological polar surface area (TPSA) is 99.8 Å². The van der Waals surface area contributed by atoms with Crippen LogP contribution in [0, 0.1) is 5.92 Å². The summed E-state index contributed by atoms with van der Waals surface area (Å²) in [5.74, 6) is -0.0260. The predicted molar refractivity (Wildman–Crippen MR) is 117 cm³/mol. The molecule has 0 saturated carbocycles. The van der Waals surface area contributed by atoms with E-state index in [2.05, 4.69) is 34.1 Å². The Morgan fingerprint density at radius 1 is 1.10 bits per heavy atom. The van der Waals surface area contributed by atoms with Crippen molar-refractivity contribution >= 4 is 27.4 Å². The number of hydrogen-bond acceptors (Lipinski definition) is 5. The Morgan fingerprint density at radius 2 is 1.69 bits per heavy atom. The number of nitrogens with one attached hydrogen (secondary N) is 3. The van der Waals surface area contributed by atoms with Crippen LogP contribution in [0.5, 0.6) is 0 Å². The lowest BCUT2D eigenvalue weighted by Gasteiger charge is -2.36. The molecule has 1 fully saturated rings. The molecule has 3 N–H and O–H groups in total. The van der Waals surface area contributed by atoms with Crippen LogP contribution in [0.4, 0.5) is 16.2 Å². The van der Waals surface area contributed by atoms with Crippen molar-refractivity contribution in [3.8, 4) is 0 Å². The maximum Gasteiger partial charge on any atom is 0.319 e. The van der Waals surface area contributed by atoms with E-state index in [1.807, 2.05) is 31.2 Å². The van der Waals surface area contributed by atoms with Gasteiger partial charge in [0.15, 0.2) is 0 Å². The summed E-state index contributed by atoms with van der Waals surface area (Å²) in [5.41, 5.74) is 1.80. The van der Waals surface area contributed by atoms with Gasteiger partial charge in [0.05, 0.1) is 17.5 Å². The third-order valence-electron chi connectivity index (χ3n) is 4.77. The van der Waals surface area contributed by atoms with Crippen LogP contribution in [0.25, 0.3) is 0 Å². The van der Waals surface area contributed by atoms with Crippen molar-refractivity contribution in [2.75, 3.05) is 36.4 Å². The molecule has 1 aliphatic rings. The number of urea groups is 1. The molecule has 1 aromatic rings. The van der Waals surface area contributed by atoms with E-state index in [4.69, 9.17) is 4.74 Å². The molecule has 1 aliphatic heterocycles. The molecule has 0 aromatic heterocycles. The molecule has 1 unspecified atom stereocenters. The fourth-order valence-corrected chi connectivity index (χ4v) is 3.93. The van der Waals surface area contributed by atoms with Gasteiger partial charge in [-0.2, -0.15) is 0 Å².